The predicted octanol–water partition coefficient (Wildman–Crippen LogP) is 2.70. The van der Waals surface area contributed by atoms with Crippen LogP contribution in [-0.4, -0.2) is 25.8 Å². The highest BCUT2D eigenvalue weighted by Crippen LogP contribution is 2.30. The fourth-order valence-corrected chi connectivity index (χ4v) is 4.17. The summed E-state index contributed by atoms with van der Waals surface area (Å²) in [6.07, 6.45) is 2.31. The number of nitrogens with zero attached hydrogens (tertiary/aromatic N) is 3. The fraction of sp³-hybridized carbons (Fsp3) is 0.333. The Balaban J connectivity index is 2.02. The molecule has 0 saturated heterocycles. The predicted molar refractivity (Wildman–Crippen MR) is 117 cm³/mol. The third-order valence-corrected chi connectivity index (χ3v) is 5.78. The van der Waals surface area contributed by atoms with Crippen molar-refractivity contribution in [1.82, 2.24) is 14.1 Å². The molecule has 30 heavy (non-hydrogen) atoms. The Kier molecular flexibility index (Phi) is 6.40. The quantitative estimate of drug-likeness (QED) is 0.608. The van der Waals surface area contributed by atoms with Gasteiger partial charge in [0.1, 0.15) is 11.5 Å². The molecule has 0 spiro atoms. The van der Waals surface area contributed by atoms with Crippen molar-refractivity contribution in [2.45, 2.75) is 25.2 Å². The largest absolute Gasteiger partial charge is 0.332 e. The second kappa shape index (κ2) is 8.83. The highest BCUT2D eigenvalue weighted by molar-refractivity contribution is 8.00. The lowest BCUT2D eigenvalue weighted by atomic mass is 10.0. The maximum Gasteiger partial charge on any atom is 0.332 e. The molecule has 2 aromatic heterocycles. The van der Waals surface area contributed by atoms with Gasteiger partial charge in [0.15, 0.2) is 0 Å². The minimum absolute atomic E-state index is 0.0233. The molecule has 7 nitrogen and oxygen atoms in total. The number of halogens is 1. The molecule has 9 heteroatoms. The molecule has 3 aromatic rings. The minimum atomic E-state index is -0.519. The van der Waals surface area contributed by atoms with E-state index in [9.17, 15) is 18.8 Å². The van der Waals surface area contributed by atoms with Crippen molar-refractivity contribution in [3.63, 3.8) is 0 Å². The Hall–Kier alpha value is -2.94. The molecule has 0 saturated carbocycles. The summed E-state index contributed by atoms with van der Waals surface area (Å²) in [6.45, 7) is 4.09. The van der Waals surface area contributed by atoms with E-state index in [-0.39, 0.29) is 17.1 Å². The summed E-state index contributed by atoms with van der Waals surface area (Å²) in [7, 11) is 2.97. The summed E-state index contributed by atoms with van der Waals surface area (Å²) in [5.41, 5.74) is 0.279. The van der Waals surface area contributed by atoms with Gasteiger partial charge in [0.05, 0.1) is 16.8 Å². The van der Waals surface area contributed by atoms with Gasteiger partial charge in [-0.3, -0.25) is 18.7 Å². The van der Waals surface area contributed by atoms with Crippen LogP contribution in [0.25, 0.3) is 11.0 Å². The van der Waals surface area contributed by atoms with E-state index in [1.54, 1.807) is 25.4 Å². The highest BCUT2D eigenvalue weighted by atomic mass is 32.2. The van der Waals surface area contributed by atoms with Crippen LogP contribution in [0.3, 0.4) is 0 Å². The summed E-state index contributed by atoms with van der Waals surface area (Å²) in [5.74, 6) is -0.640. The molecule has 0 aliphatic rings. The van der Waals surface area contributed by atoms with Crippen LogP contribution in [0.2, 0.25) is 0 Å². The van der Waals surface area contributed by atoms with Gasteiger partial charge >= 0.3 is 5.69 Å². The van der Waals surface area contributed by atoms with Crippen LogP contribution in [0, 0.1) is 11.7 Å². The second-order valence-corrected chi connectivity index (χ2v) is 8.42. The van der Waals surface area contributed by atoms with E-state index in [1.807, 2.05) is 13.8 Å². The molecule has 1 amide bonds. The number of rotatable bonds is 6. The summed E-state index contributed by atoms with van der Waals surface area (Å²) in [6, 6.07) is 5.92. The van der Waals surface area contributed by atoms with Gasteiger partial charge < -0.3 is 5.32 Å². The first kappa shape index (κ1) is 21.8. The first-order valence-electron chi connectivity index (χ1n) is 9.45. The summed E-state index contributed by atoms with van der Waals surface area (Å²) >= 11 is 1.19. The van der Waals surface area contributed by atoms with Crippen LogP contribution in [-0.2, 0) is 25.3 Å². The first-order chi connectivity index (χ1) is 14.2. The second-order valence-electron chi connectivity index (χ2n) is 7.43. The molecule has 1 N–H and O–H groups in total. The third-order valence-electron chi connectivity index (χ3n) is 4.62. The smallest absolute Gasteiger partial charge is 0.323 e. The zero-order valence-electron chi connectivity index (χ0n) is 17.2. The van der Waals surface area contributed by atoms with Gasteiger partial charge in [0, 0.05) is 25.2 Å². The normalized spacial score (nSPS) is 11.3. The van der Waals surface area contributed by atoms with E-state index >= 15 is 0 Å². The number of anilines is 1. The van der Waals surface area contributed by atoms with E-state index in [1.165, 1.54) is 35.5 Å². The number of aromatic nitrogens is 3. The average molecular weight is 431 g/mol. The number of hydrogen-bond acceptors (Lipinski definition) is 5. The zero-order valence-corrected chi connectivity index (χ0v) is 18.0. The van der Waals surface area contributed by atoms with Crippen molar-refractivity contribution in [3.05, 3.63) is 62.7 Å². The maximum atomic E-state index is 13.8. The van der Waals surface area contributed by atoms with Crippen LogP contribution >= 0.6 is 11.8 Å². The Morgan fingerprint density at radius 3 is 2.57 bits per heavy atom. The molecule has 0 bridgehead atoms. The van der Waals surface area contributed by atoms with Gasteiger partial charge in [-0.25, -0.2) is 14.2 Å². The van der Waals surface area contributed by atoms with Gasteiger partial charge in [-0.15, -0.1) is 11.8 Å². The molecule has 0 aliphatic carbocycles. The lowest BCUT2D eigenvalue weighted by molar-refractivity contribution is -0.113. The number of carbonyl (C=O) groups excluding carboxylic acids is 1. The Bertz CT molecular complexity index is 1230. The summed E-state index contributed by atoms with van der Waals surface area (Å²) in [5, 5.41) is 2.85. The lowest BCUT2D eigenvalue weighted by Crippen LogP contribution is -2.37. The molecule has 0 aliphatic heterocycles. The lowest BCUT2D eigenvalue weighted by Gasteiger charge is -2.15. The molecular formula is C21H23FN4O3S. The molecule has 1 aromatic carbocycles. The number of thioether (sulfide) groups is 1. The molecular weight excluding hydrogens is 407 g/mol. The number of aryl methyl sites for hydroxylation is 1. The van der Waals surface area contributed by atoms with Crippen LogP contribution in [0.5, 0.6) is 0 Å². The number of fused-ring (bicyclic) bond motifs is 1. The Labute approximate surface area is 176 Å². The molecule has 158 valence electrons. The van der Waals surface area contributed by atoms with Crippen molar-refractivity contribution in [2.75, 3.05) is 11.1 Å². The van der Waals surface area contributed by atoms with Gasteiger partial charge in [0.25, 0.3) is 5.56 Å². The standard InChI is InChI=1S/C21H23FN4O3S/c1-12(2)9-13-10-23-19-17(20(28)26(4)21(29)25(19)3)18(13)30-11-16(27)24-15-8-6-5-7-14(15)22/h5-8,10,12H,9,11H2,1-4H3,(H,24,27). The number of pyridine rings is 1. The van der Waals surface area contributed by atoms with Crippen molar-refractivity contribution in [1.29, 1.82) is 0 Å². The average Bonchev–Trinajstić information content (AvgIpc) is 2.70. The van der Waals surface area contributed by atoms with Crippen LogP contribution < -0.4 is 16.6 Å². The number of nitrogens with one attached hydrogen (secondary N) is 1. The summed E-state index contributed by atoms with van der Waals surface area (Å²) in [4.78, 5) is 42.5. The molecule has 3 rings (SSSR count). The van der Waals surface area contributed by atoms with Crippen molar-refractivity contribution in [3.8, 4) is 0 Å². The monoisotopic (exact) mass is 430 g/mol. The summed E-state index contributed by atoms with van der Waals surface area (Å²) < 4.78 is 16.2. The number of para-hydroxylation sites is 1. The maximum absolute atomic E-state index is 13.8. The molecule has 0 atom stereocenters. The van der Waals surface area contributed by atoms with Crippen LogP contribution in [0.1, 0.15) is 19.4 Å². The number of benzene rings is 1. The number of hydrogen-bond donors (Lipinski definition) is 1. The highest BCUT2D eigenvalue weighted by Gasteiger charge is 2.19. The van der Waals surface area contributed by atoms with Gasteiger partial charge in [0.2, 0.25) is 5.91 Å². The van der Waals surface area contributed by atoms with E-state index < -0.39 is 23.0 Å². The zero-order chi connectivity index (χ0) is 22.0. The van der Waals surface area contributed by atoms with Crippen molar-refractivity contribution in [2.24, 2.45) is 20.0 Å². The Morgan fingerprint density at radius 1 is 1.20 bits per heavy atom. The van der Waals surface area contributed by atoms with Crippen molar-refractivity contribution < 1.29 is 9.18 Å². The fourth-order valence-electron chi connectivity index (χ4n) is 3.18. The minimum Gasteiger partial charge on any atom is -0.323 e. The molecule has 2 heterocycles. The van der Waals surface area contributed by atoms with Crippen LogP contribution in [0.4, 0.5) is 10.1 Å². The number of amides is 1. The topological polar surface area (TPSA) is 86.0 Å². The molecule has 0 radical (unpaired) electrons. The van der Waals surface area contributed by atoms with E-state index in [0.29, 0.717) is 22.6 Å². The third kappa shape index (κ3) is 4.30. The van der Waals surface area contributed by atoms with E-state index in [4.69, 9.17) is 0 Å². The molecule has 0 unspecified atom stereocenters. The Morgan fingerprint density at radius 2 is 1.90 bits per heavy atom. The van der Waals surface area contributed by atoms with E-state index in [2.05, 4.69) is 10.3 Å². The van der Waals surface area contributed by atoms with E-state index in [0.717, 1.165) is 10.1 Å². The first-order valence-corrected chi connectivity index (χ1v) is 10.4. The van der Waals surface area contributed by atoms with Gasteiger partial charge in [-0.05, 0) is 30.0 Å². The SMILES string of the molecule is CC(C)Cc1cnc2c(c1SCC(=O)Nc1ccccc1F)c(=O)n(C)c(=O)n2C. The van der Waals surface area contributed by atoms with Crippen LogP contribution in [0.15, 0.2) is 44.9 Å². The van der Waals surface area contributed by atoms with Crippen molar-refractivity contribution >= 4 is 34.4 Å². The molecule has 0 fully saturated rings. The number of carbonyl (C=O) groups is 1. The van der Waals surface area contributed by atoms with Gasteiger partial charge in [-0.1, -0.05) is 26.0 Å². The van der Waals surface area contributed by atoms with Gasteiger partial charge in [-0.2, -0.15) is 0 Å².